The van der Waals surface area contributed by atoms with E-state index in [1.54, 1.807) is 6.08 Å². The smallest absolute Gasteiger partial charge is 0.167 e. The summed E-state index contributed by atoms with van der Waals surface area (Å²) in [5, 5.41) is 0. The predicted octanol–water partition coefficient (Wildman–Crippen LogP) is 0.627. The topological polar surface area (TPSA) is 147 Å². The van der Waals surface area contributed by atoms with E-state index in [9.17, 15) is 4.79 Å². The van der Waals surface area contributed by atoms with Crippen molar-refractivity contribution >= 4 is 22.8 Å². The van der Waals surface area contributed by atoms with Gasteiger partial charge in [0.25, 0.3) is 0 Å². The summed E-state index contributed by atoms with van der Waals surface area (Å²) in [4.78, 5) is 12.1. The molecule has 10 N–H and O–H groups in total. The number of anilines is 3. The summed E-state index contributed by atoms with van der Waals surface area (Å²) >= 11 is 0. The van der Waals surface area contributed by atoms with Gasteiger partial charge in [-0.15, -0.1) is 6.58 Å². The van der Waals surface area contributed by atoms with Crippen LogP contribution >= 0.6 is 0 Å². The molecule has 0 bridgehead atoms. The molecule has 6 nitrogen and oxygen atoms in total. The summed E-state index contributed by atoms with van der Waals surface area (Å²) in [5.41, 5.74) is 30.1. The standard InChI is InChI=1S/C14H23N5O/c1-2-9(16)10(17)4-3-5-13(20)14-11(18)6-8(15)7-12(14)19/h2,6-7,9-10H,1,3-5,15-19H2. The van der Waals surface area contributed by atoms with Crippen molar-refractivity contribution in [3.63, 3.8) is 0 Å². The van der Waals surface area contributed by atoms with E-state index in [-0.39, 0.29) is 17.9 Å². The van der Waals surface area contributed by atoms with Gasteiger partial charge in [0.15, 0.2) is 5.78 Å². The number of carbonyl (C=O) groups is 1. The van der Waals surface area contributed by atoms with Crippen LogP contribution in [0.25, 0.3) is 0 Å². The van der Waals surface area contributed by atoms with Gasteiger partial charge in [0.2, 0.25) is 0 Å². The molecule has 0 amide bonds. The number of carbonyl (C=O) groups excluding carboxylic acids is 1. The van der Waals surface area contributed by atoms with E-state index in [0.717, 1.165) is 0 Å². The Morgan fingerprint density at radius 1 is 1.20 bits per heavy atom. The van der Waals surface area contributed by atoms with Gasteiger partial charge in [-0.25, -0.2) is 0 Å². The van der Waals surface area contributed by atoms with E-state index in [1.807, 2.05) is 0 Å². The fraction of sp³-hybridized carbons (Fsp3) is 0.357. The fourth-order valence-corrected chi connectivity index (χ4v) is 2.02. The van der Waals surface area contributed by atoms with Crippen LogP contribution < -0.4 is 28.7 Å². The highest BCUT2D eigenvalue weighted by Gasteiger charge is 2.16. The molecule has 2 atom stereocenters. The highest BCUT2D eigenvalue weighted by Crippen LogP contribution is 2.25. The summed E-state index contributed by atoms with van der Waals surface area (Å²) in [6, 6.07) is 2.59. The molecule has 2 unspecified atom stereocenters. The Morgan fingerprint density at radius 2 is 1.75 bits per heavy atom. The molecule has 6 heteroatoms. The van der Waals surface area contributed by atoms with Crippen molar-refractivity contribution in [2.75, 3.05) is 17.2 Å². The van der Waals surface area contributed by atoms with Crippen molar-refractivity contribution in [2.24, 2.45) is 11.5 Å². The lowest BCUT2D eigenvalue weighted by Gasteiger charge is -2.16. The SMILES string of the molecule is C=CC(N)C(N)CCCC(=O)c1c(N)cc(N)cc1N. The van der Waals surface area contributed by atoms with Crippen LogP contribution in [0.1, 0.15) is 29.6 Å². The Morgan fingerprint density at radius 3 is 2.25 bits per heavy atom. The second kappa shape index (κ2) is 6.93. The normalized spacial score (nSPS) is 13.7. The molecule has 20 heavy (non-hydrogen) atoms. The molecular formula is C14H23N5O. The number of rotatable bonds is 7. The van der Waals surface area contributed by atoms with E-state index >= 15 is 0 Å². The first-order valence-corrected chi connectivity index (χ1v) is 6.48. The van der Waals surface area contributed by atoms with Crippen LogP contribution in [0.5, 0.6) is 0 Å². The molecule has 0 aliphatic rings. The second-order valence-electron chi connectivity index (χ2n) is 4.87. The molecule has 0 radical (unpaired) electrons. The number of benzene rings is 1. The van der Waals surface area contributed by atoms with E-state index in [4.69, 9.17) is 28.7 Å². The monoisotopic (exact) mass is 277 g/mol. The number of nitrogen functional groups attached to an aromatic ring is 3. The summed E-state index contributed by atoms with van der Waals surface area (Å²) in [6.45, 7) is 3.59. The molecule has 0 heterocycles. The van der Waals surface area contributed by atoms with Crippen LogP contribution in [0.4, 0.5) is 17.1 Å². The van der Waals surface area contributed by atoms with Gasteiger partial charge in [0.05, 0.1) is 5.56 Å². The Balaban J connectivity index is 2.62. The minimum absolute atomic E-state index is 0.112. The summed E-state index contributed by atoms with van der Waals surface area (Å²) in [6.07, 6.45) is 3.16. The molecule has 110 valence electrons. The van der Waals surface area contributed by atoms with E-state index < -0.39 is 0 Å². The third-order valence-corrected chi connectivity index (χ3v) is 3.21. The minimum atomic E-state index is -0.267. The van der Waals surface area contributed by atoms with Crippen molar-refractivity contribution in [3.8, 4) is 0 Å². The molecule has 0 aliphatic heterocycles. The lowest BCUT2D eigenvalue weighted by molar-refractivity contribution is 0.0980. The van der Waals surface area contributed by atoms with Crippen LogP contribution in [-0.2, 0) is 0 Å². The van der Waals surface area contributed by atoms with Gasteiger partial charge in [0, 0.05) is 35.6 Å². The third kappa shape index (κ3) is 3.97. The molecule has 0 saturated heterocycles. The van der Waals surface area contributed by atoms with Gasteiger partial charge < -0.3 is 28.7 Å². The van der Waals surface area contributed by atoms with Crippen molar-refractivity contribution in [3.05, 3.63) is 30.4 Å². The van der Waals surface area contributed by atoms with Crippen molar-refractivity contribution in [2.45, 2.75) is 31.3 Å². The quantitative estimate of drug-likeness (QED) is 0.280. The summed E-state index contributed by atoms with van der Waals surface area (Å²) < 4.78 is 0. The molecule has 1 aromatic carbocycles. The van der Waals surface area contributed by atoms with E-state index in [1.165, 1.54) is 12.1 Å². The first kappa shape index (κ1) is 16.0. The lowest BCUT2D eigenvalue weighted by atomic mass is 9.98. The van der Waals surface area contributed by atoms with Gasteiger partial charge in [-0.05, 0) is 25.0 Å². The molecular weight excluding hydrogens is 254 g/mol. The Hall–Kier alpha value is -2.05. The summed E-state index contributed by atoms with van der Waals surface area (Å²) in [7, 11) is 0. The van der Waals surface area contributed by atoms with Crippen LogP contribution in [0, 0.1) is 0 Å². The molecule has 1 aromatic rings. The van der Waals surface area contributed by atoms with Gasteiger partial charge in [-0.2, -0.15) is 0 Å². The van der Waals surface area contributed by atoms with Crippen LogP contribution in [0.2, 0.25) is 0 Å². The van der Waals surface area contributed by atoms with E-state index in [2.05, 4.69) is 6.58 Å². The largest absolute Gasteiger partial charge is 0.399 e. The predicted molar refractivity (Wildman–Crippen MR) is 84.0 cm³/mol. The van der Waals surface area contributed by atoms with Crippen LogP contribution in [-0.4, -0.2) is 17.9 Å². The third-order valence-electron chi connectivity index (χ3n) is 3.21. The zero-order valence-corrected chi connectivity index (χ0v) is 11.5. The Labute approximate surface area is 119 Å². The zero-order valence-electron chi connectivity index (χ0n) is 11.5. The Kier molecular flexibility index (Phi) is 5.54. The van der Waals surface area contributed by atoms with Gasteiger partial charge >= 0.3 is 0 Å². The first-order valence-electron chi connectivity index (χ1n) is 6.48. The summed E-state index contributed by atoms with van der Waals surface area (Å²) in [5.74, 6) is -0.112. The second-order valence-corrected chi connectivity index (χ2v) is 4.87. The zero-order chi connectivity index (χ0) is 15.3. The highest BCUT2D eigenvalue weighted by molar-refractivity contribution is 6.06. The molecule has 0 aliphatic carbocycles. The molecule has 0 saturated carbocycles. The number of ketones is 1. The maximum absolute atomic E-state index is 12.1. The maximum Gasteiger partial charge on any atom is 0.167 e. The highest BCUT2D eigenvalue weighted by atomic mass is 16.1. The fourth-order valence-electron chi connectivity index (χ4n) is 2.02. The van der Waals surface area contributed by atoms with Gasteiger partial charge in [-0.3, -0.25) is 4.79 Å². The number of nitrogens with two attached hydrogens (primary N) is 5. The van der Waals surface area contributed by atoms with Crippen molar-refractivity contribution < 1.29 is 4.79 Å². The molecule has 0 fully saturated rings. The lowest BCUT2D eigenvalue weighted by Crippen LogP contribution is -2.39. The van der Waals surface area contributed by atoms with Crippen LogP contribution in [0.3, 0.4) is 0 Å². The molecule has 0 aromatic heterocycles. The number of hydrogen-bond donors (Lipinski definition) is 5. The van der Waals surface area contributed by atoms with Gasteiger partial charge in [-0.1, -0.05) is 6.08 Å². The number of hydrogen-bond acceptors (Lipinski definition) is 6. The van der Waals surface area contributed by atoms with E-state index in [0.29, 0.717) is 41.9 Å². The minimum Gasteiger partial charge on any atom is -0.399 e. The molecule has 1 rings (SSSR count). The van der Waals surface area contributed by atoms with Crippen molar-refractivity contribution in [1.82, 2.24) is 0 Å². The first-order chi connectivity index (χ1) is 9.36. The maximum atomic E-state index is 12.1. The number of Topliss-reactive ketones (excluding diaryl/α,β-unsaturated/α-hetero) is 1. The van der Waals surface area contributed by atoms with Gasteiger partial charge in [0.1, 0.15) is 0 Å². The molecule has 0 spiro atoms. The average molecular weight is 277 g/mol. The average Bonchev–Trinajstić information content (AvgIpc) is 2.36. The van der Waals surface area contributed by atoms with Crippen molar-refractivity contribution in [1.29, 1.82) is 0 Å². The van der Waals surface area contributed by atoms with Crippen LogP contribution in [0.15, 0.2) is 24.8 Å². The Bertz CT molecular complexity index is 477.